The van der Waals surface area contributed by atoms with Crippen molar-refractivity contribution >= 4 is 17.5 Å². The van der Waals surface area contributed by atoms with Crippen molar-refractivity contribution in [2.45, 2.75) is 27.3 Å². The van der Waals surface area contributed by atoms with Crippen molar-refractivity contribution in [3.8, 4) is 11.3 Å². The van der Waals surface area contributed by atoms with E-state index in [1.807, 2.05) is 37.3 Å². The molecule has 0 saturated heterocycles. The van der Waals surface area contributed by atoms with Crippen LogP contribution in [0.3, 0.4) is 0 Å². The lowest BCUT2D eigenvalue weighted by Crippen LogP contribution is -2.29. The van der Waals surface area contributed by atoms with Crippen molar-refractivity contribution in [1.82, 2.24) is 15.1 Å². The van der Waals surface area contributed by atoms with Gasteiger partial charge in [-0.05, 0) is 31.0 Å². The molecule has 0 fully saturated rings. The van der Waals surface area contributed by atoms with Crippen molar-refractivity contribution in [1.29, 1.82) is 0 Å². The first-order valence-corrected chi connectivity index (χ1v) is 7.51. The van der Waals surface area contributed by atoms with Crippen molar-refractivity contribution < 1.29 is 4.79 Å². The number of nitrogens with zero attached hydrogens (tertiary/aromatic N) is 2. The molecule has 5 heteroatoms. The molecule has 4 nitrogen and oxygen atoms in total. The van der Waals surface area contributed by atoms with E-state index in [1.54, 1.807) is 4.68 Å². The molecule has 0 saturated carbocycles. The first-order valence-electron chi connectivity index (χ1n) is 7.13. The Morgan fingerprint density at radius 3 is 2.76 bits per heavy atom. The van der Waals surface area contributed by atoms with Crippen LogP contribution in [0.5, 0.6) is 0 Å². The zero-order chi connectivity index (χ0) is 15.4. The molecular weight excluding hydrogens is 286 g/mol. The van der Waals surface area contributed by atoms with Crippen molar-refractivity contribution in [2.24, 2.45) is 5.92 Å². The van der Waals surface area contributed by atoms with E-state index in [0.29, 0.717) is 29.7 Å². The van der Waals surface area contributed by atoms with Crippen LogP contribution >= 0.6 is 11.6 Å². The Morgan fingerprint density at radius 1 is 1.38 bits per heavy atom. The topological polar surface area (TPSA) is 46.9 Å². The largest absolute Gasteiger partial charge is 0.350 e. The summed E-state index contributed by atoms with van der Waals surface area (Å²) < 4.78 is 1.71. The van der Waals surface area contributed by atoms with Crippen LogP contribution in [-0.4, -0.2) is 22.2 Å². The number of benzene rings is 1. The predicted octanol–water partition coefficient (Wildman–Crippen LogP) is 3.61. The van der Waals surface area contributed by atoms with Crippen LogP contribution in [-0.2, 0) is 6.54 Å². The minimum Gasteiger partial charge on any atom is -0.350 e. The fourth-order valence-corrected chi connectivity index (χ4v) is 2.21. The number of hydrogen-bond acceptors (Lipinski definition) is 2. The molecule has 21 heavy (non-hydrogen) atoms. The van der Waals surface area contributed by atoms with Gasteiger partial charge in [0.25, 0.3) is 5.91 Å². The number of nitrogens with one attached hydrogen (secondary N) is 1. The Morgan fingerprint density at radius 2 is 2.14 bits per heavy atom. The molecule has 0 bridgehead atoms. The van der Waals surface area contributed by atoms with Gasteiger partial charge < -0.3 is 5.32 Å². The van der Waals surface area contributed by atoms with Gasteiger partial charge in [0, 0.05) is 23.7 Å². The Balaban J connectivity index is 2.29. The molecule has 1 amide bonds. The molecule has 0 spiro atoms. The van der Waals surface area contributed by atoms with Gasteiger partial charge in [-0.15, -0.1) is 0 Å². The van der Waals surface area contributed by atoms with E-state index in [0.717, 1.165) is 11.3 Å². The first kappa shape index (κ1) is 15.6. The highest BCUT2D eigenvalue weighted by atomic mass is 35.5. The predicted molar refractivity (Wildman–Crippen MR) is 85.5 cm³/mol. The molecule has 0 aliphatic carbocycles. The minimum atomic E-state index is -0.0914. The smallest absolute Gasteiger partial charge is 0.269 e. The molecule has 1 aromatic heterocycles. The van der Waals surface area contributed by atoms with Gasteiger partial charge in [0.2, 0.25) is 0 Å². The summed E-state index contributed by atoms with van der Waals surface area (Å²) in [5.74, 6) is 0.325. The van der Waals surface area contributed by atoms with Gasteiger partial charge >= 0.3 is 0 Å². The maximum atomic E-state index is 12.2. The monoisotopic (exact) mass is 305 g/mol. The van der Waals surface area contributed by atoms with E-state index in [4.69, 9.17) is 11.6 Å². The van der Waals surface area contributed by atoms with Crippen LogP contribution in [0.2, 0.25) is 5.02 Å². The van der Waals surface area contributed by atoms with E-state index in [9.17, 15) is 4.79 Å². The Kier molecular flexibility index (Phi) is 5.02. The summed E-state index contributed by atoms with van der Waals surface area (Å²) in [5, 5.41) is 8.07. The van der Waals surface area contributed by atoms with Gasteiger partial charge in [-0.25, -0.2) is 0 Å². The zero-order valence-corrected chi connectivity index (χ0v) is 13.3. The summed E-state index contributed by atoms with van der Waals surface area (Å²) in [6.07, 6.45) is 0. The van der Waals surface area contributed by atoms with Crippen molar-refractivity contribution in [3.63, 3.8) is 0 Å². The lowest BCUT2D eigenvalue weighted by Gasteiger charge is -2.08. The molecule has 0 aliphatic rings. The van der Waals surface area contributed by atoms with Gasteiger partial charge in [0.15, 0.2) is 0 Å². The number of hydrogen-bond donors (Lipinski definition) is 1. The Bertz CT molecular complexity index is 634. The molecule has 1 aromatic carbocycles. The number of rotatable bonds is 5. The fourth-order valence-electron chi connectivity index (χ4n) is 2.02. The average molecular weight is 306 g/mol. The van der Waals surface area contributed by atoms with Gasteiger partial charge in [0.05, 0.1) is 5.69 Å². The van der Waals surface area contributed by atoms with Crippen LogP contribution in [0, 0.1) is 5.92 Å². The van der Waals surface area contributed by atoms with Gasteiger partial charge in [-0.3, -0.25) is 9.48 Å². The molecule has 1 heterocycles. The second-order valence-corrected chi connectivity index (χ2v) is 5.78. The van der Waals surface area contributed by atoms with Crippen LogP contribution < -0.4 is 5.32 Å². The van der Waals surface area contributed by atoms with E-state index < -0.39 is 0 Å². The first-order chi connectivity index (χ1) is 10.0. The second-order valence-electron chi connectivity index (χ2n) is 5.34. The van der Waals surface area contributed by atoms with Gasteiger partial charge in [-0.1, -0.05) is 37.6 Å². The number of amides is 1. The third kappa shape index (κ3) is 3.85. The van der Waals surface area contributed by atoms with Crippen LogP contribution in [0.4, 0.5) is 0 Å². The van der Waals surface area contributed by atoms with Crippen molar-refractivity contribution in [3.05, 3.63) is 41.0 Å². The summed E-state index contributed by atoms with van der Waals surface area (Å²) in [7, 11) is 0. The lowest BCUT2D eigenvalue weighted by molar-refractivity contribution is 0.0938. The van der Waals surface area contributed by atoms with E-state index in [2.05, 4.69) is 24.3 Å². The summed E-state index contributed by atoms with van der Waals surface area (Å²) >= 11 is 6.01. The highest BCUT2D eigenvalue weighted by Crippen LogP contribution is 2.22. The van der Waals surface area contributed by atoms with Gasteiger partial charge in [0.1, 0.15) is 5.69 Å². The highest BCUT2D eigenvalue weighted by Gasteiger charge is 2.15. The normalized spacial score (nSPS) is 10.9. The maximum Gasteiger partial charge on any atom is 0.269 e. The molecular formula is C16H20ClN3O. The number of carbonyl (C=O) groups excluding carboxylic acids is 1. The average Bonchev–Trinajstić information content (AvgIpc) is 2.89. The fraction of sp³-hybridized carbons (Fsp3) is 0.375. The van der Waals surface area contributed by atoms with Crippen LogP contribution in [0.1, 0.15) is 31.3 Å². The van der Waals surface area contributed by atoms with Crippen molar-refractivity contribution in [2.75, 3.05) is 6.54 Å². The molecule has 0 aliphatic heterocycles. The minimum absolute atomic E-state index is 0.0914. The SMILES string of the molecule is CCn1nc(-c2cccc(Cl)c2)cc1C(=O)NCC(C)C. The number of halogens is 1. The molecule has 0 unspecified atom stereocenters. The van der Waals surface area contributed by atoms with Crippen LogP contribution in [0.25, 0.3) is 11.3 Å². The third-order valence-corrected chi connectivity index (χ3v) is 3.34. The van der Waals surface area contributed by atoms with Gasteiger partial charge in [-0.2, -0.15) is 5.10 Å². The Labute approximate surface area is 130 Å². The van der Waals surface area contributed by atoms with E-state index in [1.165, 1.54) is 0 Å². The quantitative estimate of drug-likeness (QED) is 0.917. The molecule has 0 radical (unpaired) electrons. The Hall–Kier alpha value is -1.81. The molecule has 2 rings (SSSR count). The maximum absolute atomic E-state index is 12.2. The van der Waals surface area contributed by atoms with Crippen LogP contribution in [0.15, 0.2) is 30.3 Å². The summed E-state index contributed by atoms with van der Waals surface area (Å²) in [6.45, 7) is 7.39. The standard InChI is InChI=1S/C16H20ClN3O/c1-4-20-15(16(21)18-10-11(2)3)9-14(19-20)12-6-5-7-13(17)8-12/h5-9,11H,4,10H2,1-3H3,(H,18,21). The number of carbonyl (C=O) groups is 1. The van der Waals surface area contributed by atoms with E-state index in [-0.39, 0.29) is 5.91 Å². The molecule has 1 N–H and O–H groups in total. The molecule has 0 atom stereocenters. The summed E-state index contributed by atoms with van der Waals surface area (Å²) in [5.41, 5.74) is 2.25. The van der Waals surface area contributed by atoms with E-state index >= 15 is 0 Å². The third-order valence-electron chi connectivity index (χ3n) is 3.10. The number of aryl methyl sites for hydroxylation is 1. The number of aromatic nitrogens is 2. The second kappa shape index (κ2) is 6.76. The molecule has 112 valence electrons. The lowest BCUT2D eigenvalue weighted by atomic mass is 10.1. The summed E-state index contributed by atoms with van der Waals surface area (Å²) in [6, 6.07) is 9.29. The highest BCUT2D eigenvalue weighted by molar-refractivity contribution is 6.30. The summed E-state index contributed by atoms with van der Waals surface area (Å²) in [4.78, 5) is 12.2. The molecule has 2 aromatic rings. The zero-order valence-electron chi connectivity index (χ0n) is 12.6.